The Kier molecular flexibility index (Phi) is 13.0. The highest BCUT2D eigenvalue weighted by atomic mass is 32.2. The third-order valence-electron chi connectivity index (χ3n) is 6.78. The number of hydrogen-bond donors (Lipinski definition) is 2. The van der Waals surface area contributed by atoms with E-state index in [2.05, 4.69) is 33.9 Å². The summed E-state index contributed by atoms with van der Waals surface area (Å²) in [5.41, 5.74) is -3.10. The number of oxime groups is 1. The maximum Gasteiger partial charge on any atom is 0.485 e. The molecule has 0 aliphatic carbocycles. The summed E-state index contributed by atoms with van der Waals surface area (Å²) in [5.74, 6) is -1.84. The first-order chi connectivity index (χ1) is 23.4. The van der Waals surface area contributed by atoms with Crippen LogP contribution in [0.25, 0.3) is 5.70 Å². The smallest absolute Gasteiger partial charge is 0.485 e. The third-order valence-corrected chi connectivity index (χ3v) is 8.11. The Balaban J connectivity index is 0.000000753. The number of carbonyl (C=O) groups excluding carboxylic acids is 4. The Hall–Kier alpha value is -5.15. The Bertz CT molecular complexity index is 1840. The largest absolute Gasteiger partial charge is 0.741 e. The zero-order valence-corrected chi connectivity index (χ0v) is 28.3. The topological polar surface area (TPSA) is 210 Å². The Labute approximate surface area is 287 Å². The monoisotopic (exact) mass is 744 g/mol. The predicted molar refractivity (Wildman–Crippen MR) is 169 cm³/mol. The van der Waals surface area contributed by atoms with Crippen LogP contribution >= 0.6 is 11.3 Å². The Morgan fingerprint density at radius 3 is 2.44 bits per heavy atom. The fourth-order valence-corrected chi connectivity index (χ4v) is 5.33. The van der Waals surface area contributed by atoms with Gasteiger partial charge in [-0.05, 0) is 19.4 Å². The molecule has 2 atom stereocenters. The molecule has 2 aliphatic rings. The molecule has 2 aromatic heterocycles. The summed E-state index contributed by atoms with van der Waals surface area (Å²) in [7, 11) is -4.83. The normalized spacial score (nSPS) is 17.3. The molecule has 4 heterocycles. The molecule has 1 fully saturated rings. The molecule has 3 amide bonds. The molecular formula is C29H31F3N6O10S2. The molecular weight excluding hydrogens is 713 g/mol. The highest BCUT2D eigenvalue weighted by molar-refractivity contribution is 7.86. The number of ether oxygens (including phenoxy) is 2. The second-order valence-electron chi connectivity index (χ2n) is 10.2. The van der Waals surface area contributed by atoms with Crippen molar-refractivity contribution in [2.75, 3.05) is 25.6 Å². The molecule has 0 bridgehead atoms. The van der Waals surface area contributed by atoms with Crippen molar-refractivity contribution in [3.8, 4) is 0 Å². The van der Waals surface area contributed by atoms with E-state index in [1.54, 1.807) is 0 Å². The minimum absolute atomic E-state index is 0.0180. The number of aryl methyl sites for hydroxylation is 2. The number of esters is 1. The lowest BCUT2D eigenvalue weighted by Crippen LogP contribution is -2.72. The van der Waals surface area contributed by atoms with Crippen molar-refractivity contribution in [1.29, 1.82) is 0 Å². The van der Waals surface area contributed by atoms with Crippen molar-refractivity contribution in [2.24, 2.45) is 5.16 Å². The summed E-state index contributed by atoms with van der Waals surface area (Å²) < 4.78 is 71.0. The van der Waals surface area contributed by atoms with Crippen LogP contribution in [0.4, 0.5) is 23.1 Å². The first kappa shape index (κ1) is 39.3. The summed E-state index contributed by atoms with van der Waals surface area (Å²) in [6, 6.07) is 2.49. The summed E-state index contributed by atoms with van der Waals surface area (Å²) in [6.07, 6.45) is 4.97. The van der Waals surface area contributed by atoms with Gasteiger partial charge >= 0.3 is 17.6 Å². The van der Waals surface area contributed by atoms with Gasteiger partial charge in [-0.25, -0.2) is 23.0 Å². The van der Waals surface area contributed by atoms with Crippen molar-refractivity contribution in [3.05, 3.63) is 71.7 Å². The van der Waals surface area contributed by atoms with Gasteiger partial charge in [-0.2, -0.15) is 17.7 Å². The SMILES string of the molecule is C=CCOC(=O)Nc1nc(/C(=N/OC)C(=O)N[C@H]2C(=O)N3C(C(=O)OCC=C)=C([n+]4cc(C)ccc4C)CCC23)cs1.O=S(=O)([O-])C(F)(F)F. The Morgan fingerprint density at radius 2 is 1.84 bits per heavy atom. The van der Waals surface area contributed by atoms with Crippen molar-refractivity contribution in [1.82, 2.24) is 15.2 Å². The van der Waals surface area contributed by atoms with Crippen LogP contribution in [0, 0.1) is 13.8 Å². The number of alkyl halides is 3. The zero-order valence-electron chi connectivity index (χ0n) is 26.7. The fourth-order valence-electron chi connectivity index (χ4n) is 4.65. The predicted octanol–water partition coefficient (Wildman–Crippen LogP) is 2.27. The first-order valence-corrected chi connectivity index (χ1v) is 16.5. The van der Waals surface area contributed by atoms with Crippen molar-refractivity contribution in [3.63, 3.8) is 0 Å². The molecule has 270 valence electrons. The van der Waals surface area contributed by atoms with Crippen LogP contribution in [0.5, 0.6) is 0 Å². The van der Waals surface area contributed by atoms with Gasteiger partial charge in [0.25, 0.3) is 11.8 Å². The summed E-state index contributed by atoms with van der Waals surface area (Å²) in [4.78, 5) is 62.2. The quantitative estimate of drug-likeness (QED) is 0.0498. The molecule has 2 aliphatic heterocycles. The number of anilines is 1. The lowest BCUT2D eigenvalue weighted by atomic mass is 9.85. The third kappa shape index (κ3) is 9.30. The van der Waals surface area contributed by atoms with Gasteiger partial charge in [-0.1, -0.05) is 30.5 Å². The number of rotatable bonds is 11. The standard InChI is InChI=1S/C28H30N6O7S.CHF3O3S/c1-6-12-40-26(37)23-20(33-14-16(3)8-9-17(33)4)11-10-19-22(25(36)34(19)23)30-24(35)21(32-39-5)18-15-42-27(29-18)31-28(38)41-13-7-2;2-1(3,4)8(5,6)7/h6-9,14-15,19,22H,1-2,10-13H2,3-5H3,(H-,29,30,31,35,38);(H,5,6,7)/b32-21-;/t19?,22-;/m1./s1. The number of halogens is 3. The van der Waals surface area contributed by atoms with E-state index in [0.29, 0.717) is 18.5 Å². The number of aromatic nitrogens is 2. The van der Waals surface area contributed by atoms with E-state index in [0.717, 1.165) is 22.6 Å². The summed E-state index contributed by atoms with van der Waals surface area (Å²) in [6.45, 7) is 10.9. The Morgan fingerprint density at radius 1 is 1.20 bits per heavy atom. The van der Waals surface area contributed by atoms with Gasteiger partial charge in [0.15, 0.2) is 38.5 Å². The highest BCUT2D eigenvalue weighted by Gasteiger charge is 2.56. The lowest BCUT2D eigenvalue weighted by molar-refractivity contribution is -0.592. The lowest BCUT2D eigenvalue weighted by Gasteiger charge is -2.49. The molecule has 2 aromatic rings. The molecule has 4 rings (SSSR count). The first-order valence-electron chi connectivity index (χ1n) is 14.2. The number of nitrogens with zero attached hydrogens (tertiary/aromatic N) is 4. The van der Waals surface area contributed by atoms with Gasteiger partial charge in [0.2, 0.25) is 5.70 Å². The van der Waals surface area contributed by atoms with Gasteiger partial charge in [-0.3, -0.25) is 19.8 Å². The van der Waals surface area contributed by atoms with Crippen molar-refractivity contribution < 1.29 is 64.2 Å². The maximum atomic E-state index is 13.5. The van der Waals surface area contributed by atoms with Gasteiger partial charge in [-0.15, -0.1) is 11.3 Å². The van der Waals surface area contributed by atoms with Gasteiger partial charge in [0.1, 0.15) is 32.1 Å². The molecule has 0 aromatic carbocycles. The second kappa shape index (κ2) is 16.5. The van der Waals surface area contributed by atoms with Gasteiger partial charge < -0.3 is 24.2 Å². The molecule has 1 unspecified atom stereocenters. The van der Waals surface area contributed by atoms with Crippen LogP contribution in [0.2, 0.25) is 0 Å². The second-order valence-corrected chi connectivity index (χ2v) is 12.5. The highest BCUT2D eigenvalue weighted by Crippen LogP contribution is 2.37. The molecule has 0 saturated carbocycles. The number of thiazole rings is 1. The van der Waals surface area contributed by atoms with Crippen LogP contribution in [-0.4, -0.2) is 90.4 Å². The number of β-lactam (4-membered cyclic amide) rings is 1. The molecule has 21 heteroatoms. The van der Waals surface area contributed by atoms with E-state index in [9.17, 15) is 32.3 Å². The fraction of sp³-hybridized carbons (Fsp3) is 0.345. The number of carbonyl (C=O) groups is 4. The van der Waals surface area contributed by atoms with E-state index >= 15 is 0 Å². The number of amides is 3. The van der Waals surface area contributed by atoms with E-state index in [1.165, 1.54) is 29.5 Å². The van der Waals surface area contributed by atoms with Crippen molar-refractivity contribution >= 4 is 61.9 Å². The molecule has 16 nitrogen and oxygen atoms in total. The van der Waals surface area contributed by atoms with E-state index < -0.39 is 51.6 Å². The van der Waals surface area contributed by atoms with E-state index in [4.69, 9.17) is 27.3 Å². The average molecular weight is 745 g/mol. The average Bonchev–Trinajstić information content (AvgIpc) is 3.51. The molecule has 2 N–H and O–H groups in total. The molecule has 0 radical (unpaired) electrons. The minimum atomic E-state index is -6.09. The van der Waals surface area contributed by atoms with Crippen molar-refractivity contribution in [2.45, 2.75) is 44.3 Å². The van der Waals surface area contributed by atoms with Crippen LogP contribution in [0.1, 0.15) is 29.8 Å². The minimum Gasteiger partial charge on any atom is -0.741 e. The van der Waals surface area contributed by atoms with Gasteiger partial charge in [0.05, 0.1) is 6.04 Å². The zero-order chi connectivity index (χ0) is 37.4. The molecule has 50 heavy (non-hydrogen) atoms. The van der Waals surface area contributed by atoms with Gasteiger partial charge in [0, 0.05) is 30.4 Å². The van der Waals surface area contributed by atoms with Crippen LogP contribution < -0.4 is 15.2 Å². The van der Waals surface area contributed by atoms with Crippen LogP contribution in [0.3, 0.4) is 0 Å². The van der Waals surface area contributed by atoms with E-state index in [-0.39, 0.29) is 35.4 Å². The number of nitrogens with one attached hydrogen (secondary N) is 2. The van der Waals surface area contributed by atoms with E-state index in [1.807, 2.05) is 36.7 Å². The summed E-state index contributed by atoms with van der Waals surface area (Å²) in [5, 5.41) is 10.6. The molecule has 0 spiro atoms. The number of fused-ring (bicyclic) bond motifs is 1. The van der Waals surface area contributed by atoms with Crippen LogP contribution in [0.15, 0.2) is 59.9 Å². The molecule has 1 saturated heterocycles. The summed E-state index contributed by atoms with van der Waals surface area (Å²) >= 11 is 1.04. The number of hydrogen-bond acceptors (Lipinski definition) is 13. The number of allylic oxidation sites excluding steroid dienone is 1. The maximum absolute atomic E-state index is 13.5. The number of pyridine rings is 1. The van der Waals surface area contributed by atoms with Crippen LogP contribution in [-0.2, 0) is 38.8 Å².